The van der Waals surface area contributed by atoms with Crippen LogP contribution in [0.15, 0.2) is 30.6 Å². The molecule has 0 fully saturated rings. The molecule has 0 bridgehead atoms. The van der Waals surface area contributed by atoms with Crippen LogP contribution in [0.25, 0.3) is 0 Å². The number of ether oxygens (including phenoxy) is 1. The van der Waals surface area contributed by atoms with Gasteiger partial charge in [0.15, 0.2) is 5.82 Å². The summed E-state index contributed by atoms with van der Waals surface area (Å²) in [7, 11) is 0. The average molecular weight is 271 g/mol. The van der Waals surface area contributed by atoms with E-state index in [9.17, 15) is 0 Å². The van der Waals surface area contributed by atoms with Crippen molar-refractivity contribution in [2.45, 2.75) is 26.5 Å². The predicted octanol–water partition coefficient (Wildman–Crippen LogP) is 1.61. The van der Waals surface area contributed by atoms with E-state index < -0.39 is 0 Å². The van der Waals surface area contributed by atoms with Gasteiger partial charge in [-0.3, -0.25) is 0 Å². The van der Waals surface area contributed by atoms with Crippen LogP contribution in [-0.2, 0) is 13.2 Å². The maximum atomic E-state index is 8.76. The predicted molar refractivity (Wildman–Crippen MR) is 75.1 cm³/mol. The van der Waals surface area contributed by atoms with Crippen LogP contribution in [0, 0.1) is 11.8 Å². The number of aliphatic hydroxyl groups excluding tert-OH is 1. The minimum absolute atomic E-state index is 0.167. The molecule has 104 valence electrons. The standard InChI is InChI=1S/C15H17N3O2/c1-2-9-18-15(16-12-17-18)11-20-14-8-4-3-6-13(14)7-5-10-19/h3-4,6,8,12,19H,2,9-11H2,1H3. The first kappa shape index (κ1) is 14.1. The zero-order valence-electron chi connectivity index (χ0n) is 11.4. The third-order valence-corrected chi connectivity index (χ3v) is 2.68. The highest BCUT2D eigenvalue weighted by atomic mass is 16.5. The largest absolute Gasteiger partial charge is 0.484 e. The van der Waals surface area contributed by atoms with E-state index in [0.29, 0.717) is 12.4 Å². The van der Waals surface area contributed by atoms with E-state index in [-0.39, 0.29) is 6.61 Å². The summed E-state index contributed by atoms with van der Waals surface area (Å²) in [5, 5.41) is 12.9. The number of nitrogens with zero attached hydrogens (tertiary/aromatic N) is 3. The van der Waals surface area contributed by atoms with E-state index in [1.807, 2.05) is 28.9 Å². The first-order valence-electron chi connectivity index (χ1n) is 6.53. The molecule has 0 aliphatic heterocycles. The van der Waals surface area contributed by atoms with Gasteiger partial charge in [0, 0.05) is 6.54 Å². The molecule has 5 nitrogen and oxygen atoms in total. The highest BCUT2D eigenvalue weighted by Crippen LogP contribution is 2.17. The molecule has 20 heavy (non-hydrogen) atoms. The Bertz CT molecular complexity index is 611. The van der Waals surface area contributed by atoms with E-state index in [1.165, 1.54) is 6.33 Å². The normalized spacial score (nSPS) is 9.90. The van der Waals surface area contributed by atoms with Crippen LogP contribution in [0.5, 0.6) is 5.75 Å². The Morgan fingerprint density at radius 2 is 2.20 bits per heavy atom. The van der Waals surface area contributed by atoms with E-state index in [4.69, 9.17) is 9.84 Å². The van der Waals surface area contributed by atoms with Gasteiger partial charge in [-0.1, -0.05) is 30.9 Å². The van der Waals surface area contributed by atoms with Gasteiger partial charge in [-0.25, -0.2) is 9.67 Å². The minimum Gasteiger partial charge on any atom is -0.484 e. The van der Waals surface area contributed by atoms with Gasteiger partial charge in [-0.2, -0.15) is 5.10 Å². The number of aromatic nitrogens is 3. The van der Waals surface area contributed by atoms with Gasteiger partial charge in [0.25, 0.3) is 0 Å². The van der Waals surface area contributed by atoms with Crippen LogP contribution in [0.1, 0.15) is 24.7 Å². The molecule has 2 aromatic rings. The monoisotopic (exact) mass is 271 g/mol. The van der Waals surface area contributed by atoms with Crippen LogP contribution in [0.4, 0.5) is 0 Å². The average Bonchev–Trinajstić information content (AvgIpc) is 2.91. The Hall–Kier alpha value is -2.32. The molecule has 0 radical (unpaired) electrons. The first-order valence-corrected chi connectivity index (χ1v) is 6.53. The molecule has 1 heterocycles. The number of benzene rings is 1. The molecule has 0 saturated carbocycles. The number of hydrogen-bond donors (Lipinski definition) is 1. The number of aliphatic hydroxyl groups is 1. The van der Waals surface area contributed by atoms with Crippen molar-refractivity contribution in [1.29, 1.82) is 0 Å². The summed E-state index contributed by atoms with van der Waals surface area (Å²) in [5.74, 6) is 6.96. The second-order valence-corrected chi connectivity index (χ2v) is 4.14. The lowest BCUT2D eigenvalue weighted by atomic mass is 10.2. The Labute approximate surface area is 118 Å². The molecule has 0 saturated heterocycles. The second kappa shape index (κ2) is 7.31. The van der Waals surface area contributed by atoms with Gasteiger partial charge < -0.3 is 9.84 Å². The molecule has 0 amide bonds. The fourth-order valence-corrected chi connectivity index (χ4v) is 1.77. The Morgan fingerprint density at radius 3 is 3.00 bits per heavy atom. The first-order chi connectivity index (χ1) is 9.85. The minimum atomic E-state index is -0.167. The molecular formula is C15H17N3O2. The van der Waals surface area contributed by atoms with Crippen molar-refractivity contribution in [3.63, 3.8) is 0 Å². The van der Waals surface area contributed by atoms with Crippen LogP contribution < -0.4 is 4.74 Å². The summed E-state index contributed by atoms with van der Waals surface area (Å²) < 4.78 is 7.59. The highest BCUT2D eigenvalue weighted by molar-refractivity contribution is 5.45. The van der Waals surface area contributed by atoms with E-state index in [1.54, 1.807) is 0 Å². The van der Waals surface area contributed by atoms with Crippen LogP contribution in [0.3, 0.4) is 0 Å². The lowest BCUT2D eigenvalue weighted by Crippen LogP contribution is -2.08. The molecule has 0 aliphatic carbocycles. The fourth-order valence-electron chi connectivity index (χ4n) is 1.77. The topological polar surface area (TPSA) is 60.2 Å². The third-order valence-electron chi connectivity index (χ3n) is 2.68. The molecule has 0 spiro atoms. The Balaban J connectivity index is 2.09. The van der Waals surface area contributed by atoms with Crippen molar-refractivity contribution in [3.05, 3.63) is 42.0 Å². The fraction of sp³-hybridized carbons (Fsp3) is 0.333. The van der Waals surface area contributed by atoms with Crippen molar-refractivity contribution in [3.8, 4) is 17.6 Å². The molecule has 2 rings (SSSR count). The second-order valence-electron chi connectivity index (χ2n) is 4.14. The molecule has 0 aliphatic rings. The summed E-state index contributed by atoms with van der Waals surface area (Å²) in [5.41, 5.74) is 0.753. The SMILES string of the molecule is CCCn1ncnc1COc1ccccc1C#CCO. The zero-order chi connectivity index (χ0) is 14.2. The zero-order valence-corrected chi connectivity index (χ0v) is 11.4. The molecule has 1 aromatic heterocycles. The van der Waals surface area contributed by atoms with Gasteiger partial charge in [0.2, 0.25) is 0 Å². The molecule has 0 atom stereocenters. The molecule has 5 heteroatoms. The van der Waals surface area contributed by atoms with Crippen LogP contribution >= 0.6 is 0 Å². The lowest BCUT2D eigenvalue weighted by Gasteiger charge is -2.08. The van der Waals surface area contributed by atoms with Crippen LogP contribution in [0.2, 0.25) is 0 Å². The van der Waals surface area contributed by atoms with Gasteiger partial charge in [-0.15, -0.1) is 0 Å². The summed E-state index contributed by atoms with van der Waals surface area (Å²) in [6, 6.07) is 7.47. The van der Waals surface area contributed by atoms with Gasteiger partial charge >= 0.3 is 0 Å². The van der Waals surface area contributed by atoms with Crippen molar-refractivity contribution in [1.82, 2.24) is 14.8 Å². The molecular weight excluding hydrogens is 254 g/mol. The van der Waals surface area contributed by atoms with Gasteiger partial charge in [0.1, 0.15) is 25.3 Å². The summed E-state index contributed by atoms with van der Waals surface area (Å²) in [6.07, 6.45) is 2.53. The number of para-hydroxylation sites is 1. The maximum absolute atomic E-state index is 8.76. The Kier molecular flexibility index (Phi) is 5.15. The van der Waals surface area contributed by atoms with E-state index in [2.05, 4.69) is 28.8 Å². The smallest absolute Gasteiger partial charge is 0.164 e. The highest BCUT2D eigenvalue weighted by Gasteiger charge is 2.06. The number of rotatable bonds is 5. The van der Waals surface area contributed by atoms with E-state index >= 15 is 0 Å². The van der Waals surface area contributed by atoms with Crippen molar-refractivity contribution < 1.29 is 9.84 Å². The van der Waals surface area contributed by atoms with Crippen LogP contribution in [-0.4, -0.2) is 26.5 Å². The molecule has 1 aromatic carbocycles. The maximum Gasteiger partial charge on any atom is 0.164 e. The van der Waals surface area contributed by atoms with Crippen molar-refractivity contribution in [2.75, 3.05) is 6.61 Å². The van der Waals surface area contributed by atoms with E-state index in [0.717, 1.165) is 24.4 Å². The summed E-state index contributed by atoms with van der Waals surface area (Å²) in [6.45, 7) is 3.09. The number of aryl methyl sites for hydroxylation is 1. The molecule has 1 N–H and O–H groups in total. The third kappa shape index (κ3) is 3.59. The number of hydrogen-bond acceptors (Lipinski definition) is 4. The summed E-state index contributed by atoms with van der Waals surface area (Å²) in [4.78, 5) is 4.19. The van der Waals surface area contributed by atoms with Gasteiger partial charge in [0.05, 0.1) is 5.56 Å². The van der Waals surface area contributed by atoms with Crippen molar-refractivity contribution in [2.24, 2.45) is 0 Å². The van der Waals surface area contributed by atoms with Crippen molar-refractivity contribution >= 4 is 0 Å². The summed E-state index contributed by atoms with van der Waals surface area (Å²) >= 11 is 0. The quantitative estimate of drug-likeness (QED) is 0.839. The molecule has 0 unspecified atom stereocenters. The lowest BCUT2D eigenvalue weighted by molar-refractivity contribution is 0.285. The Morgan fingerprint density at radius 1 is 1.35 bits per heavy atom. The van der Waals surface area contributed by atoms with Gasteiger partial charge in [-0.05, 0) is 18.6 Å².